The molecule has 0 aliphatic heterocycles. The fourth-order valence-corrected chi connectivity index (χ4v) is 0.988. The lowest BCUT2D eigenvalue weighted by Crippen LogP contribution is -2.38. The van der Waals surface area contributed by atoms with Crippen LogP contribution in [0.4, 0.5) is 0 Å². The highest BCUT2D eigenvalue weighted by Crippen LogP contribution is 2.08. The van der Waals surface area contributed by atoms with Crippen LogP contribution in [0.1, 0.15) is 6.42 Å². The van der Waals surface area contributed by atoms with Gasteiger partial charge in [0.25, 0.3) is 3.70 Å². The third-order valence-electron chi connectivity index (χ3n) is 1.05. The summed E-state index contributed by atoms with van der Waals surface area (Å²) in [5, 5.41) is 22.3. The third-order valence-corrected chi connectivity index (χ3v) is 2.05. The summed E-state index contributed by atoms with van der Waals surface area (Å²) in [4.78, 5) is 0. The van der Waals surface area contributed by atoms with Gasteiger partial charge in [-0.05, 0) is 0 Å². The van der Waals surface area contributed by atoms with Crippen molar-refractivity contribution in [1.82, 2.24) is 5.27 Å². The Morgan fingerprint density at radius 3 is 3.00 bits per heavy atom. The van der Waals surface area contributed by atoms with Crippen molar-refractivity contribution >= 4 is 22.6 Å². The molecular formula is C5H4IN3O2. The van der Waals surface area contributed by atoms with Crippen molar-refractivity contribution in [3.63, 3.8) is 0 Å². The van der Waals surface area contributed by atoms with E-state index in [4.69, 9.17) is 5.26 Å². The van der Waals surface area contributed by atoms with Crippen LogP contribution in [0.2, 0.25) is 0 Å². The average Bonchev–Trinajstić information content (AvgIpc) is 2.31. The van der Waals surface area contributed by atoms with Crippen molar-refractivity contribution in [2.24, 2.45) is 0 Å². The van der Waals surface area contributed by atoms with Gasteiger partial charge in [0.05, 0.1) is 17.8 Å². The van der Waals surface area contributed by atoms with Gasteiger partial charge in [-0.1, -0.05) is 4.68 Å². The second kappa shape index (κ2) is 3.52. The molecule has 0 aliphatic carbocycles. The molecule has 11 heavy (non-hydrogen) atoms. The molecule has 0 fully saturated rings. The molecule has 5 nitrogen and oxygen atoms in total. The summed E-state index contributed by atoms with van der Waals surface area (Å²) in [6.07, 6.45) is 0.326. The van der Waals surface area contributed by atoms with E-state index >= 15 is 0 Å². The monoisotopic (exact) mass is 265 g/mol. The minimum Gasteiger partial charge on any atom is -0.538 e. The summed E-state index contributed by atoms with van der Waals surface area (Å²) in [7, 11) is 0. The van der Waals surface area contributed by atoms with Crippen molar-refractivity contribution in [1.29, 1.82) is 5.26 Å². The number of hydrogen-bond acceptors (Lipinski definition) is 4. The van der Waals surface area contributed by atoms with E-state index in [-0.39, 0.29) is 0 Å². The zero-order valence-corrected chi connectivity index (χ0v) is 7.61. The fraction of sp³-hybridized carbons (Fsp3) is 0.400. The maximum Gasteiger partial charge on any atom is 0.292 e. The van der Waals surface area contributed by atoms with Gasteiger partial charge in [0.15, 0.2) is 12.5 Å². The Morgan fingerprint density at radius 1 is 1.82 bits per heavy atom. The minimum atomic E-state index is -0.455. The minimum absolute atomic E-state index is 0.326. The molecule has 58 valence electrons. The first-order chi connectivity index (χ1) is 5.25. The molecule has 0 spiro atoms. The predicted molar refractivity (Wildman–Crippen MR) is 39.1 cm³/mol. The van der Waals surface area contributed by atoms with Crippen molar-refractivity contribution in [3.8, 4) is 12.0 Å². The number of aryl methyl sites for hydroxylation is 1. The lowest BCUT2D eigenvalue weighted by Gasteiger charge is -1.84. The first kappa shape index (κ1) is 8.26. The molecule has 1 aromatic heterocycles. The topological polar surface area (TPSA) is 76.8 Å². The van der Waals surface area contributed by atoms with Gasteiger partial charge in [-0.25, -0.2) is 0 Å². The van der Waals surface area contributed by atoms with Crippen LogP contribution < -0.4 is 9.79 Å². The lowest BCUT2D eigenvalue weighted by atomic mass is 10.5. The van der Waals surface area contributed by atoms with Crippen molar-refractivity contribution < 1.29 is 14.3 Å². The molecule has 0 unspecified atom stereocenters. The van der Waals surface area contributed by atoms with Crippen molar-refractivity contribution in [2.45, 2.75) is 13.0 Å². The highest BCUT2D eigenvalue weighted by molar-refractivity contribution is 14.1. The Balaban J connectivity index is 2.72. The Morgan fingerprint density at radius 2 is 2.55 bits per heavy atom. The molecule has 1 rings (SSSR count). The van der Waals surface area contributed by atoms with Crippen LogP contribution in [-0.2, 0) is 6.54 Å². The molecule has 0 bridgehead atoms. The summed E-state index contributed by atoms with van der Waals surface area (Å²) < 4.78 is 6.10. The van der Waals surface area contributed by atoms with Gasteiger partial charge in [0.1, 0.15) is 0 Å². The van der Waals surface area contributed by atoms with Crippen molar-refractivity contribution in [2.75, 3.05) is 0 Å². The first-order valence-electron chi connectivity index (χ1n) is 2.85. The third kappa shape index (κ3) is 1.80. The number of nitrogens with zero attached hydrogens (tertiary/aromatic N) is 3. The molecule has 0 atom stereocenters. The van der Waals surface area contributed by atoms with E-state index < -0.39 is 5.95 Å². The van der Waals surface area contributed by atoms with Gasteiger partial charge in [0.2, 0.25) is 0 Å². The second-order valence-corrected chi connectivity index (χ2v) is 2.80. The zero-order chi connectivity index (χ0) is 8.27. The standard InChI is InChI=1S/C5H4IN3O2/c6-4-5(10)11-8-9(4)3-1-2-7/h1,3H2. The van der Waals surface area contributed by atoms with Gasteiger partial charge < -0.3 is 9.63 Å². The molecule has 0 aliphatic rings. The molecule has 0 saturated carbocycles. The van der Waals surface area contributed by atoms with Gasteiger partial charge in [-0.2, -0.15) is 5.26 Å². The summed E-state index contributed by atoms with van der Waals surface area (Å²) >= 11 is 1.82. The molecule has 0 aromatic carbocycles. The van der Waals surface area contributed by atoms with E-state index in [0.29, 0.717) is 16.7 Å². The smallest absolute Gasteiger partial charge is 0.292 e. The normalized spacial score (nSPS) is 9.45. The highest BCUT2D eigenvalue weighted by atomic mass is 127. The van der Waals surface area contributed by atoms with Gasteiger partial charge >= 0.3 is 0 Å². The second-order valence-electron chi connectivity index (χ2n) is 1.78. The van der Waals surface area contributed by atoms with Crippen LogP contribution in [0.25, 0.3) is 0 Å². The van der Waals surface area contributed by atoms with E-state index in [0.717, 1.165) is 0 Å². The Bertz CT molecular complexity index is 290. The predicted octanol–water partition coefficient (Wildman–Crippen LogP) is -0.446. The summed E-state index contributed by atoms with van der Waals surface area (Å²) in [5.74, 6) is -0.455. The van der Waals surface area contributed by atoms with Gasteiger partial charge in [-0.3, -0.25) is 0 Å². The molecule has 6 heteroatoms. The SMILES string of the molecule is N#CCC[n+]1noc([O-])c1I. The van der Waals surface area contributed by atoms with Crippen LogP contribution in [0.3, 0.4) is 0 Å². The Labute approximate surface area is 76.3 Å². The van der Waals surface area contributed by atoms with E-state index in [9.17, 15) is 5.11 Å². The van der Waals surface area contributed by atoms with E-state index in [1.165, 1.54) is 4.68 Å². The number of nitriles is 1. The Kier molecular flexibility index (Phi) is 2.64. The number of halogens is 1. The maximum atomic E-state index is 10.7. The van der Waals surface area contributed by atoms with E-state index in [1.807, 2.05) is 28.7 Å². The number of hydrogen-bond donors (Lipinski definition) is 0. The van der Waals surface area contributed by atoms with Crippen LogP contribution >= 0.6 is 22.6 Å². The summed E-state index contributed by atoms with van der Waals surface area (Å²) in [6.45, 7) is 0.403. The largest absolute Gasteiger partial charge is 0.538 e. The first-order valence-corrected chi connectivity index (χ1v) is 3.93. The number of rotatable bonds is 2. The van der Waals surface area contributed by atoms with Gasteiger partial charge in [0, 0.05) is 22.6 Å². The molecule has 0 amide bonds. The van der Waals surface area contributed by atoms with E-state index in [1.54, 1.807) is 0 Å². The molecule has 0 saturated heterocycles. The average molecular weight is 265 g/mol. The Hall–Kier alpha value is -0.840. The van der Waals surface area contributed by atoms with Crippen LogP contribution in [0, 0.1) is 15.0 Å². The number of aromatic nitrogens is 2. The summed E-state index contributed by atoms with van der Waals surface area (Å²) in [6, 6.07) is 1.94. The van der Waals surface area contributed by atoms with E-state index in [2.05, 4.69) is 9.79 Å². The van der Waals surface area contributed by atoms with Crippen molar-refractivity contribution in [3.05, 3.63) is 3.70 Å². The molecule has 0 N–H and O–H groups in total. The quantitative estimate of drug-likeness (QED) is 0.536. The fourth-order valence-electron chi connectivity index (χ4n) is 0.560. The maximum absolute atomic E-state index is 10.7. The van der Waals surface area contributed by atoms with Gasteiger partial charge in [-0.15, -0.1) is 0 Å². The zero-order valence-electron chi connectivity index (χ0n) is 5.45. The van der Waals surface area contributed by atoms with Crippen LogP contribution in [0.5, 0.6) is 5.95 Å². The lowest BCUT2D eigenvalue weighted by molar-refractivity contribution is -0.772. The van der Waals surface area contributed by atoms with Crippen LogP contribution in [-0.4, -0.2) is 5.27 Å². The molecular weight excluding hydrogens is 261 g/mol. The summed E-state index contributed by atoms with van der Waals surface area (Å²) in [5.41, 5.74) is 0. The highest BCUT2D eigenvalue weighted by Gasteiger charge is 2.12. The molecule has 1 heterocycles. The molecule has 0 radical (unpaired) electrons. The molecule has 1 aromatic rings. The van der Waals surface area contributed by atoms with Crippen LogP contribution in [0.15, 0.2) is 4.52 Å².